The van der Waals surface area contributed by atoms with Crippen LogP contribution in [0.3, 0.4) is 0 Å². The SMILES string of the molecule is CC(=O)NCCOO. The molecule has 0 aromatic heterocycles. The highest BCUT2D eigenvalue weighted by molar-refractivity contribution is 5.72. The molecule has 0 unspecified atom stereocenters. The van der Waals surface area contributed by atoms with E-state index < -0.39 is 0 Å². The molecule has 0 spiro atoms. The molecule has 1 amide bonds. The Labute approximate surface area is 47.4 Å². The van der Waals surface area contributed by atoms with Gasteiger partial charge in [-0.1, -0.05) is 0 Å². The largest absolute Gasteiger partial charge is 0.354 e. The minimum Gasteiger partial charge on any atom is -0.354 e. The first-order valence-corrected chi connectivity index (χ1v) is 2.28. The molecule has 0 aliphatic heterocycles. The molecule has 0 fully saturated rings. The summed E-state index contributed by atoms with van der Waals surface area (Å²) >= 11 is 0. The van der Waals surface area contributed by atoms with Gasteiger partial charge in [0.15, 0.2) is 0 Å². The van der Waals surface area contributed by atoms with Crippen LogP contribution in [0, 0.1) is 0 Å². The van der Waals surface area contributed by atoms with Gasteiger partial charge in [-0.15, -0.1) is 0 Å². The molecule has 4 heteroatoms. The monoisotopic (exact) mass is 119 g/mol. The fourth-order valence-electron chi connectivity index (χ4n) is 0.273. The molecule has 8 heavy (non-hydrogen) atoms. The zero-order chi connectivity index (χ0) is 6.41. The minimum absolute atomic E-state index is 0.123. The molecule has 0 aromatic carbocycles. The van der Waals surface area contributed by atoms with E-state index in [-0.39, 0.29) is 12.5 Å². The molecule has 0 aromatic rings. The quantitative estimate of drug-likeness (QED) is 0.302. The second kappa shape index (κ2) is 4.55. The summed E-state index contributed by atoms with van der Waals surface area (Å²) in [6.07, 6.45) is 0. The van der Waals surface area contributed by atoms with Crippen molar-refractivity contribution in [3.8, 4) is 0 Å². The van der Waals surface area contributed by atoms with Crippen molar-refractivity contribution < 1.29 is 14.9 Å². The first-order chi connectivity index (χ1) is 3.77. The highest BCUT2D eigenvalue weighted by atomic mass is 17.1. The minimum atomic E-state index is -0.123. The van der Waals surface area contributed by atoms with Gasteiger partial charge < -0.3 is 5.32 Å². The molecule has 4 nitrogen and oxygen atoms in total. The Balaban J connectivity index is 2.82. The molecule has 0 bridgehead atoms. The van der Waals surface area contributed by atoms with Gasteiger partial charge in [0.05, 0.1) is 6.61 Å². The predicted molar refractivity (Wildman–Crippen MR) is 27.3 cm³/mol. The fraction of sp³-hybridized carbons (Fsp3) is 0.750. The lowest BCUT2D eigenvalue weighted by molar-refractivity contribution is -0.240. The van der Waals surface area contributed by atoms with E-state index in [0.717, 1.165) is 0 Å². The van der Waals surface area contributed by atoms with Crippen molar-refractivity contribution in [2.75, 3.05) is 13.2 Å². The van der Waals surface area contributed by atoms with E-state index in [9.17, 15) is 4.79 Å². The van der Waals surface area contributed by atoms with Crippen molar-refractivity contribution in [1.82, 2.24) is 5.32 Å². The summed E-state index contributed by atoms with van der Waals surface area (Å²) < 4.78 is 0. The Bertz CT molecular complexity index is 73.7. The molecule has 48 valence electrons. The van der Waals surface area contributed by atoms with Crippen LogP contribution in [-0.4, -0.2) is 24.3 Å². The van der Waals surface area contributed by atoms with Crippen LogP contribution in [0.25, 0.3) is 0 Å². The van der Waals surface area contributed by atoms with Crippen molar-refractivity contribution in [3.05, 3.63) is 0 Å². The second-order valence-electron chi connectivity index (χ2n) is 1.32. The third-order valence-corrected chi connectivity index (χ3v) is 0.567. The maximum atomic E-state index is 10.1. The summed E-state index contributed by atoms with van der Waals surface area (Å²) in [6.45, 7) is 1.89. The number of amides is 1. The van der Waals surface area contributed by atoms with E-state index in [1.807, 2.05) is 0 Å². The smallest absolute Gasteiger partial charge is 0.216 e. The molecular formula is C4H9NO3. The van der Waals surface area contributed by atoms with E-state index in [2.05, 4.69) is 10.2 Å². The number of hydrogen-bond donors (Lipinski definition) is 2. The zero-order valence-corrected chi connectivity index (χ0v) is 4.68. The van der Waals surface area contributed by atoms with Gasteiger partial charge in [0, 0.05) is 13.5 Å². The zero-order valence-electron chi connectivity index (χ0n) is 4.68. The summed E-state index contributed by atoms with van der Waals surface area (Å²) in [5.41, 5.74) is 0. The maximum Gasteiger partial charge on any atom is 0.216 e. The van der Waals surface area contributed by atoms with Crippen LogP contribution in [0.1, 0.15) is 6.92 Å². The first kappa shape index (κ1) is 7.39. The van der Waals surface area contributed by atoms with Gasteiger partial charge >= 0.3 is 0 Å². The van der Waals surface area contributed by atoms with Crippen LogP contribution in [0.2, 0.25) is 0 Å². The van der Waals surface area contributed by atoms with E-state index in [1.165, 1.54) is 6.92 Å². The van der Waals surface area contributed by atoms with E-state index >= 15 is 0 Å². The maximum absolute atomic E-state index is 10.1. The molecular weight excluding hydrogens is 110 g/mol. The van der Waals surface area contributed by atoms with Crippen molar-refractivity contribution >= 4 is 5.91 Å². The number of hydrogen-bond acceptors (Lipinski definition) is 3. The average molecular weight is 119 g/mol. The number of carbonyl (C=O) groups excluding carboxylic acids is 1. The van der Waals surface area contributed by atoms with Gasteiger partial charge in [-0.3, -0.25) is 10.1 Å². The van der Waals surface area contributed by atoms with Crippen LogP contribution >= 0.6 is 0 Å². The van der Waals surface area contributed by atoms with E-state index in [4.69, 9.17) is 5.26 Å². The van der Waals surface area contributed by atoms with Gasteiger partial charge in [-0.2, -0.15) is 0 Å². The predicted octanol–water partition coefficient (Wildman–Crippen LogP) is -0.388. The van der Waals surface area contributed by atoms with Crippen molar-refractivity contribution in [3.63, 3.8) is 0 Å². The lowest BCUT2D eigenvalue weighted by atomic mass is 10.6. The lowest BCUT2D eigenvalue weighted by Gasteiger charge is -1.96. The van der Waals surface area contributed by atoms with Crippen LogP contribution < -0.4 is 5.32 Å². The van der Waals surface area contributed by atoms with Crippen molar-refractivity contribution in [1.29, 1.82) is 0 Å². The Kier molecular flexibility index (Phi) is 4.20. The molecule has 0 atom stereocenters. The van der Waals surface area contributed by atoms with Gasteiger partial charge in [-0.25, -0.2) is 4.89 Å². The van der Waals surface area contributed by atoms with E-state index in [0.29, 0.717) is 6.54 Å². The molecule has 0 aliphatic rings. The highest BCUT2D eigenvalue weighted by Crippen LogP contribution is 1.63. The van der Waals surface area contributed by atoms with Gasteiger partial charge in [0.1, 0.15) is 0 Å². The molecule has 0 aliphatic carbocycles. The molecule has 0 saturated carbocycles. The number of nitrogens with one attached hydrogen (secondary N) is 1. The Morgan fingerprint density at radius 3 is 2.88 bits per heavy atom. The Morgan fingerprint density at radius 1 is 1.88 bits per heavy atom. The van der Waals surface area contributed by atoms with Crippen LogP contribution in [-0.2, 0) is 9.68 Å². The fourth-order valence-corrected chi connectivity index (χ4v) is 0.273. The van der Waals surface area contributed by atoms with Crippen LogP contribution in [0.15, 0.2) is 0 Å². The van der Waals surface area contributed by atoms with Gasteiger partial charge in [0.2, 0.25) is 5.91 Å². The third-order valence-electron chi connectivity index (χ3n) is 0.567. The lowest BCUT2D eigenvalue weighted by Crippen LogP contribution is -2.23. The molecule has 0 heterocycles. The van der Waals surface area contributed by atoms with Crippen molar-refractivity contribution in [2.24, 2.45) is 0 Å². The normalized spacial score (nSPS) is 8.75. The first-order valence-electron chi connectivity index (χ1n) is 2.28. The third kappa shape index (κ3) is 5.39. The Morgan fingerprint density at radius 2 is 2.50 bits per heavy atom. The second-order valence-corrected chi connectivity index (χ2v) is 1.32. The summed E-state index contributed by atoms with van der Waals surface area (Å²) in [6, 6.07) is 0. The topological polar surface area (TPSA) is 58.6 Å². The van der Waals surface area contributed by atoms with Crippen molar-refractivity contribution in [2.45, 2.75) is 6.92 Å². The van der Waals surface area contributed by atoms with E-state index in [1.54, 1.807) is 0 Å². The Hall–Kier alpha value is -0.610. The summed E-state index contributed by atoms with van der Waals surface area (Å²) in [4.78, 5) is 13.7. The summed E-state index contributed by atoms with van der Waals surface area (Å²) in [7, 11) is 0. The van der Waals surface area contributed by atoms with Crippen LogP contribution in [0.4, 0.5) is 0 Å². The number of carbonyl (C=O) groups is 1. The number of rotatable bonds is 3. The molecule has 2 N–H and O–H groups in total. The van der Waals surface area contributed by atoms with Gasteiger partial charge in [-0.05, 0) is 0 Å². The molecule has 0 saturated heterocycles. The summed E-state index contributed by atoms with van der Waals surface area (Å²) in [5.74, 6) is -0.123. The standard InChI is InChI=1S/C4H9NO3/c1-4(6)5-2-3-8-7/h7H,2-3H2,1H3,(H,5,6). The van der Waals surface area contributed by atoms with Crippen LogP contribution in [0.5, 0.6) is 0 Å². The highest BCUT2D eigenvalue weighted by Gasteiger charge is 1.86. The molecule has 0 rings (SSSR count). The van der Waals surface area contributed by atoms with Gasteiger partial charge in [0.25, 0.3) is 0 Å². The molecule has 0 radical (unpaired) electrons. The average Bonchev–Trinajstić information content (AvgIpc) is 1.66. The summed E-state index contributed by atoms with van der Waals surface area (Å²) in [5, 5.41) is 10.2.